The molecule has 0 aliphatic heterocycles. The van der Waals surface area contributed by atoms with Gasteiger partial charge in [-0.3, -0.25) is 4.98 Å². The Morgan fingerprint density at radius 3 is 2.83 bits per heavy atom. The summed E-state index contributed by atoms with van der Waals surface area (Å²) in [5.41, 5.74) is 0.750. The molecule has 0 bridgehead atoms. The van der Waals surface area contributed by atoms with Gasteiger partial charge in [-0.25, -0.2) is 0 Å². The van der Waals surface area contributed by atoms with E-state index in [1.165, 1.54) is 0 Å². The second-order valence-electron chi connectivity index (χ2n) is 2.71. The molecule has 66 valence electrons. The van der Waals surface area contributed by atoms with Gasteiger partial charge in [0.05, 0.1) is 11.8 Å². The van der Waals surface area contributed by atoms with Crippen LogP contribution in [-0.2, 0) is 0 Å². The van der Waals surface area contributed by atoms with E-state index < -0.39 is 6.10 Å². The summed E-state index contributed by atoms with van der Waals surface area (Å²) in [7, 11) is 0. The summed E-state index contributed by atoms with van der Waals surface area (Å²) in [4.78, 5) is 4.10. The Balaban J connectivity index is 2.68. The molecular formula is C9H12BrNO. The number of aromatic nitrogens is 1. The van der Waals surface area contributed by atoms with Crippen LogP contribution in [0.25, 0.3) is 0 Å². The second-order valence-corrected chi connectivity index (χ2v) is 3.62. The third kappa shape index (κ3) is 2.57. The van der Waals surface area contributed by atoms with Crippen molar-refractivity contribution in [2.75, 3.05) is 0 Å². The van der Waals surface area contributed by atoms with E-state index in [1.807, 2.05) is 19.1 Å². The third-order valence-electron chi connectivity index (χ3n) is 1.65. The molecule has 0 spiro atoms. The lowest BCUT2D eigenvalue weighted by Gasteiger charge is -2.07. The Bertz CT molecular complexity index is 235. The normalized spacial score (nSPS) is 12.9. The van der Waals surface area contributed by atoms with Gasteiger partial charge in [-0.1, -0.05) is 13.3 Å². The van der Waals surface area contributed by atoms with Crippen LogP contribution in [0.15, 0.2) is 22.8 Å². The average Bonchev–Trinajstić information content (AvgIpc) is 2.06. The van der Waals surface area contributed by atoms with E-state index in [1.54, 1.807) is 6.20 Å². The Morgan fingerprint density at radius 1 is 1.58 bits per heavy atom. The molecule has 0 amide bonds. The zero-order chi connectivity index (χ0) is 8.97. The number of aliphatic hydroxyl groups excluding tert-OH is 1. The van der Waals surface area contributed by atoms with Gasteiger partial charge in [-0.2, -0.15) is 0 Å². The fraction of sp³-hybridized carbons (Fsp3) is 0.444. The number of hydrogen-bond acceptors (Lipinski definition) is 2. The molecule has 0 aliphatic rings. The molecule has 1 atom stereocenters. The molecule has 0 aromatic carbocycles. The number of aliphatic hydroxyl groups is 1. The summed E-state index contributed by atoms with van der Waals surface area (Å²) in [5.74, 6) is 0. The van der Waals surface area contributed by atoms with Crippen molar-refractivity contribution in [3.8, 4) is 0 Å². The molecule has 0 radical (unpaired) electrons. The molecule has 0 fully saturated rings. The highest BCUT2D eigenvalue weighted by molar-refractivity contribution is 9.10. The van der Waals surface area contributed by atoms with Crippen molar-refractivity contribution in [3.63, 3.8) is 0 Å². The first-order valence-corrected chi connectivity index (χ1v) is 4.83. The number of nitrogens with zero attached hydrogens (tertiary/aromatic N) is 1. The van der Waals surface area contributed by atoms with E-state index in [4.69, 9.17) is 0 Å². The Labute approximate surface area is 80.8 Å². The highest BCUT2D eigenvalue weighted by Crippen LogP contribution is 2.17. The maximum Gasteiger partial charge on any atom is 0.0959 e. The van der Waals surface area contributed by atoms with Gasteiger partial charge in [0.1, 0.15) is 0 Å². The molecule has 1 heterocycles. The van der Waals surface area contributed by atoms with E-state index in [0.29, 0.717) is 0 Å². The molecule has 0 aliphatic carbocycles. The van der Waals surface area contributed by atoms with Crippen LogP contribution in [-0.4, -0.2) is 10.1 Å². The Kier molecular flexibility index (Phi) is 3.69. The fourth-order valence-corrected chi connectivity index (χ4v) is 1.24. The zero-order valence-electron chi connectivity index (χ0n) is 7.00. The first kappa shape index (κ1) is 9.68. The van der Waals surface area contributed by atoms with Gasteiger partial charge < -0.3 is 5.11 Å². The van der Waals surface area contributed by atoms with Gasteiger partial charge in [-0.05, 0) is 34.5 Å². The van der Waals surface area contributed by atoms with Crippen molar-refractivity contribution in [2.24, 2.45) is 0 Å². The van der Waals surface area contributed by atoms with Crippen LogP contribution in [0.4, 0.5) is 0 Å². The summed E-state index contributed by atoms with van der Waals surface area (Å²) in [6.07, 6.45) is 3.03. The third-order valence-corrected chi connectivity index (χ3v) is 2.12. The summed E-state index contributed by atoms with van der Waals surface area (Å²) in [6.45, 7) is 2.04. The van der Waals surface area contributed by atoms with Gasteiger partial charge >= 0.3 is 0 Å². The van der Waals surface area contributed by atoms with Crippen LogP contribution < -0.4 is 0 Å². The van der Waals surface area contributed by atoms with Crippen molar-refractivity contribution < 1.29 is 5.11 Å². The van der Waals surface area contributed by atoms with E-state index in [2.05, 4.69) is 20.9 Å². The molecule has 0 unspecified atom stereocenters. The van der Waals surface area contributed by atoms with E-state index in [9.17, 15) is 5.11 Å². The predicted molar refractivity (Wildman–Crippen MR) is 51.8 cm³/mol. The number of rotatable bonds is 3. The smallest absolute Gasteiger partial charge is 0.0959 e. The molecular weight excluding hydrogens is 218 g/mol. The lowest BCUT2D eigenvalue weighted by molar-refractivity contribution is 0.162. The lowest BCUT2D eigenvalue weighted by Crippen LogP contribution is -1.98. The maximum atomic E-state index is 9.53. The molecule has 2 nitrogen and oxygen atoms in total. The van der Waals surface area contributed by atoms with Crippen LogP contribution in [0, 0.1) is 0 Å². The van der Waals surface area contributed by atoms with Gasteiger partial charge in [-0.15, -0.1) is 0 Å². The molecule has 1 rings (SSSR count). The number of halogens is 1. The summed E-state index contributed by atoms with van der Waals surface area (Å²) < 4.78 is 0.940. The molecule has 3 heteroatoms. The van der Waals surface area contributed by atoms with Gasteiger partial charge in [0.15, 0.2) is 0 Å². The van der Waals surface area contributed by atoms with Crippen molar-refractivity contribution in [1.82, 2.24) is 4.98 Å². The SMILES string of the molecule is CCC[C@@H](O)c1ccc(Br)cn1. The van der Waals surface area contributed by atoms with E-state index in [0.717, 1.165) is 23.0 Å². The average molecular weight is 230 g/mol. The van der Waals surface area contributed by atoms with Crippen molar-refractivity contribution in [2.45, 2.75) is 25.9 Å². The van der Waals surface area contributed by atoms with Gasteiger partial charge in [0.2, 0.25) is 0 Å². The molecule has 0 saturated heterocycles. The first-order valence-electron chi connectivity index (χ1n) is 4.03. The quantitative estimate of drug-likeness (QED) is 0.865. The van der Waals surface area contributed by atoms with Crippen LogP contribution in [0.2, 0.25) is 0 Å². The van der Waals surface area contributed by atoms with Crippen LogP contribution >= 0.6 is 15.9 Å². The van der Waals surface area contributed by atoms with Crippen LogP contribution in [0.5, 0.6) is 0 Å². The minimum Gasteiger partial charge on any atom is -0.387 e. The zero-order valence-corrected chi connectivity index (χ0v) is 8.58. The predicted octanol–water partition coefficient (Wildman–Crippen LogP) is 2.68. The highest BCUT2D eigenvalue weighted by atomic mass is 79.9. The summed E-state index contributed by atoms with van der Waals surface area (Å²) >= 11 is 3.29. The number of hydrogen-bond donors (Lipinski definition) is 1. The Morgan fingerprint density at radius 2 is 2.33 bits per heavy atom. The maximum absolute atomic E-state index is 9.53. The van der Waals surface area contributed by atoms with E-state index in [-0.39, 0.29) is 0 Å². The number of pyridine rings is 1. The van der Waals surface area contributed by atoms with Crippen molar-refractivity contribution >= 4 is 15.9 Å². The topological polar surface area (TPSA) is 33.1 Å². The largest absolute Gasteiger partial charge is 0.387 e. The highest BCUT2D eigenvalue weighted by Gasteiger charge is 2.06. The van der Waals surface area contributed by atoms with Crippen LogP contribution in [0.1, 0.15) is 31.6 Å². The summed E-state index contributed by atoms with van der Waals surface area (Å²) in [6, 6.07) is 3.73. The van der Waals surface area contributed by atoms with Crippen LogP contribution in [0.3, 0.4) is 0 Å². The monoisotopic (exact) mass is 229 g/mol. The Hall–Kier alpha value is -0.410. The molecule has 1 aromatic heterocycles. The van der Waals surface area contributed by atoms with Crippen molar-refractivity contribution in [1.29, 1.82) is 0 Å². The minimum atomic E-state index is -0.414. The first-order chi connectivity index (χ1) is 5.74. The lowest BCUT2D eigenvalue weighted by atomic mass is 10.1. The summed E-state index contributed by atoms with van der Waals surface area (Å²) in [5, 5.41) is 9.53. The second kappa shape index (κ2) is 4.58. The minimum absolute atomic E-state index is 0.414. The molecule has 1 N–H and O–H groups in total. The molecule has 0 saturated carbocycles. The molecule has 12 heavy (non-hydrogen) atoms. The van der Waals surface area contributed by atoms with E-state index >= 15 is 0 Å². The van der Waals surface area contributed by atoms with Gasteiger partial charge in [0, 0.05) is 10.7 Å². The van der Waals surface area contributed by atoms with Crippen molar-refractivity contribution in [3.05, 3.63) is 28.5 Å². The fourth-order valence-electron chi connectivity index (χ4n) is 1.01. The molecule has 1 aromatic rings. The van der Waals surface area contributed by atoms with Gasteiger partial charge in [0.25, 0.3) is 0 Å². The standard InChI is InChI=1S/C9H12BrNO/c1-2-3-9(12)8-5-4-7(10)6-11-8/h4-6,9,12H,2-3H2,1H3/t9-/m1/s1.